The molecule has 1 amide bonds. The lowest BCUT2D eigenvalue weighted by molar-refractivity contribution is -0.0463. The summed E-state index contributed by atoms with van der Waals surface area (Å²) in [7, 11) is 0. The van der Waals surface area contributed by atoms with Crippen molar-refractivity contribution in [1.29, 1.82) is 0 Å². The maximum atomic E-state index is 15.5. The van der Waals surface area contributed by atoms with E-state index in [-0.39, 0.29) is 35.2 Å². The highest BCUT2D eigenvalue weighted by atomic mass is 19.1. The van der Waals surface area contributed by atoms with E-state index in [1.807, 2.05) is 13.0 Å². The Balaban J connectivity index is 1.50. The normalized spacial score (nSPS) is 23.0. The van der Waals surface area contributed by atoms with Gasteiger partial charge in [-0.2, -0.15) is 9.61 Å². The number of fused-ring (bicyclic) bond motifs is 1. The Morgan fingerprint density at radius 3 is 2.67 bits per heavy atom. The first-order valence-electron chi connectivity index (χ1n) is 13.3. The van der Waals surface area contributed by atoms with E-state index in [0.717, 1.165) is 24.1 Å². The van der Waals surface area contributed by atoms with Gasteiger partial charge in [-0.1, -0.05) is 6.92 Å². The minimum absolute atomic E-state index is 0.00321. The molecule has 1 aliphatic rings. The predicted octanol–water partition coefficient (Wildman–Crippen LogP) is 4.54. The van der Waals surface area contributed by atoms with Crippen molar-refractivity contribution in [2.45, 2.75) is 64.1 Å². The fraction of sp³-hybridized carbons (Fsp3) is 0.379. The highest BCUT2D eigenvalue weighted by molar-refractivity contribution is 5.96. The molecule has 0 saturated heterocycles. The highest BCUT2D eigenvalue weighted by Crippen LogP contribution is 2.43. The molecule has 11 heteroatoms. The van der Waals surface area contributed by atoms with E-state index in [9.17, 15) is 14.3 Å². The van der Waals surface area contributed by atoms with Crippen LogP contribution in [0.1, 0.15) is 62.4 Å². The number of amides is 1. The fourth-order valence-electron chi connectivity index (χ4n) is 5.32. The van der Waals surface area contributed by atoms with Gasteiger partial charge in [-0.25, -0.2) is 13.8 Å². The molecule has 1 saturated carbocycles. The molecular formula is C29H33F2N7O2. The van der Waals surface area contributed by atoms with Gasteiger partial charge in [-0.15, -0.1) is 0 Å². The van der Waals surface area contributed by atoms with Gasteiger partial charge < -0.3 is 21.5 Å². The number of nitrogens with one attached hydrogen (secondary N) is 2. The molecule has 4 aromatic rings. The van der Waals surface area contributed by atoms with E-state index < -0.39 is 28.7 Å². The third-order valence-corrected chi connectivity index (χ3v) is 7.86. The zero-order valence-corrected chi connectivity index (χ0v) is 22.8. The number of carbonyl (C=O) groups excluding carboxylic acids is 1. The average molecular weight is 550 g/mol. The third-order valence-electron chi connectivity index (χ3n) is 7.86. The first-order valence-corrected chi connectivity index (χ1v) is 13.3. The van der Waals surface area contributed by atoms with E-state index in [0.29, 0.717) is 23.6 Å². The molecule has 9 nitrogen and oxygen atoms in total. The second kappa shape index (κ2) is 10.5. The van der Waals surface area contributed by atoms with Gasteiger partial charge in [0.1, 0.15) is 11.6 Å². The van der Waals surface area contributed by atoms with Gasteiger partial charge in [0.05, 0.1) is 46.0 Å². The predicted molar refractivity (Wildman–Crippen MR) is 148 cm³/mol. The van der Waals surface area contributed by atoms with Gasteiger partial charge in [0.25, 0.3) is 5.91 Å². The van der Waals surface area contributed by atoms with Crippen molar-refractivity contribution in [1.82, 2.24) is 24.9 Å². The first kappa shape index (κ1) is 27.6. The Morgan fingerprint density at radius 2 is 1.95 bits per heavy atom. The number of carbonyl (C=O) groups is 1. The minimum Gasteiger partial charge on any atom is -0.388 e. The molecule has 3 heterocycles. The smallest absolute Gasteiger partial charge is 0.254 e. The van der Waals surface area contributed by atoms with Crippen LogP contribution in [-0.4, -0.2) is 48.3 Å². The average Bonchev–Trinajstić information content (AvgIpc) is 3.29. The molecular weight excluding hydrogens is 516 g/mol. The molecule has 4 unspecified atom stereocenters. The molecule has 3 aromatic heterocycles. The number of aromatic nitrogens is 4. The van der Waals surface area contributed by atoms with Crippen molar-refractivity contribution in [2.75, 3.05) is 5.32 Å². The number of imidazole rings is 1. The number of hydrogen-bond acceptors (Lipinski definition) is 7. The van der Waals surface area contributed by atoms with Crippen LogP contribution in [0.4, 0.5) is 20.4 Å². The molecule has 40 heavy (non-hydrogen) atoms. The van der Waals surface area contributed by atoms with E-state index in [2.05, 4.69) is 25.7 Å². The zero-order chi connectivity index (χ0) is 28.8. The van der Waals surface area contributed by atoms with E-state index in [4.69, 9.17) is 5.73 Å². The van der Waals surface area contributed by atoms with Crippen LogP contribution in [0.3, 0.4) is 0 Å². The molecule has 0 aliphatic heterocycles. The van der Waals surface area contributed by atoms with E-state index >= 15 is 4.39 Å². The van der Waals surface area contributed by atoms with Crippen molar-refractivity contribution in [2.24, 2.45) is 11.7 Å². The third kappa shape index (κ3) is 5.02. The number of aliphatic hydroxyl groups is 1. The Bertz CT molecular complexity index is 1560. The molecule has 1 aromatic carbocycles. The summed E-state index contributed by atoms with van der Waals surface area (Å²) in [6.07, 6.45) is 6.31. The summed E-state index contributed by atoms with van der Waals surface area (Å²) in [6.45, 7) is 7.28. The van der Waals surface area contributed by atoms with Gasteiger partial charge in [0, 0.05) is 18.3 Å². The second-order valence-electron chi connectivity index (χ2n) is 11.0. The van der Waals surface area contributed by atoms with Gasteiger partial charge in [-0.05, 0) is 81.3 Å². The largest absolute Gasteiger partial charge is 0.388 e. The standard InChI is InChI=1S/C29H33F2N7O2/c1-15(2)35-27(39)20-6-7-21(30)25(26(20)31)22-8-5-18-13-34-28(38(18)37-22)36-23-14-33-10-9-19(23)17-11-16(3)29(4,40)24(32)12-17/h5-10,13-17,24,40H,11-12,32H2,1-4H3,(H,34,36)(H,35,39). The molecule has 210 valence electrons. The summed E-state index contributed by atoms with van der Waals surface area (Å²) in [6, 6.07) is 6.62. The summed E-state index contributed by atoms with van der Waals surface area (Å²) in [5, 5.41) is 21.1. The van der Waals surface area contributed by atoms with Crippen LogP contribution in [-0.2, 0) is 0 Å². The molecule has 0 radical (unpaired) electrons. The SMILES string of the molecule is CC(C)NC(=O)c1ccc(F)c(-c2ccc3cnc(Nc4cnccc4C4CC(C)C(C)(O)C(N)C4)n3n2)c1F. The summed E-state index contributed by atoms with van der Waals surface area (Å²) in [5.41, 5.74) is 6.98. The highest BCUT2D eigenvalue weighted by Gasteiger charge is 2.42. The summed E-state index contributed by atoms with van der Waals surface area (Å²) >= 11 is 0. The Kier molecular flexibility index (Phi) is 7.28. The van der Waals surface area contributed by atoms with Gasteiger partial charge in [-0.3, -0.25) is 9.78 Å². The fourth-order valence-corrected chi connectivity index (χ4v) is 5.32. The Labute approximate surface area is 230 Å². The van der Waals surface area contributed by atoms with E-state index in [1.54, 1.807) is 45.4 Å². The zero-order valence-electron chi connectivity index (χ0n) is 22.8. The van der Waals surface area contributed by atoms with E-state index in [1.165, 1.54) is 10.6 Å². The maximum Gasteiger partial charge on any atom is 0.254 e. The number of pyridine rings is 1. The molecule has 4 atom stereocenters. The summed E-state index contributed by atoms with van der Waals surface area (Å²) in [5.74, 6) is -2.08. The Hall–Kier alpha value is -3.96. The van der Waals surface area contributed by atoms with Crippen molar-refractivity contribution < 1.29 is 18.7 Å². The number of rotatable bonds is 6. The number of nitrogens with zero attached hydrogens (tertiary/aromatic N) is 4. The summed E-state index contributed by atoms with van der Waals surface area (Å²) in [4.78, 5) is 21.2. The van der Waals surface area contributed by atoms with Crippen molar-refractivity contribution in [3.8, 4) is 11.3 Å². The van der Waals surface area contributed by atoms with Crippen LogP contribution < -0.4 is 16.4 Å². The number of halogens is 2. The second-order valence-corrected chi connectivity index (χ2v) is 11.0. The molecule has 1 aliphatic carbocycles. The number of hydrogen-bond donors (Lipinski definition) is 4. The molecule has 5 N–H and O–H groups in total. The number of anilines is 2. The van der Waals surface area contributed by atoms with Crippen LogP contribution in [0.5, 0.6) is 0 Å². The van der Waals surface area contributed by atoms with Crippen LogP contribution in [0.25, 0.3) is 16.8 Å². The van der Waals surface area contributed by atoms with Gasteiger partial charge in [0.15, 0.2) is 0 Å². The molecule has 5 rings (SSSR count). The number of nitrogens with two attached hydrogens (primary N) is 1. The Morgan fingerprint density at radius 1 is 1.18 bits per heavy atom. The monoisotopic (exact) mass is 549 g/mol. The lowest BCUT2D eigenvalue weighted by Gasteiger charge is -2.44. The van der Waals surface area contributed by atoms with Crippen molar-refractivity contribution >= 4 is 23.1 Å². The van der Waals surface area contributed by atoms with Gasteiger partial charge >= 0.3 is 0 Å². The quantitative estimate of drug-likeness (QED) is 0.278. The van der Waals surface area contributed by atoms with Crippen molar-refractivity contribution in [3.63, 3.8) is 0 Å². The molecule has 1 fully saturated rings. The first-order chi connectivity index (χ1) is 19.0. The summed E-state index contributed by atoms with van der Waals surface area (Å²) < 4.78 is 31.8. The van der Waals surface area contributed by atoms with Crippen LogP contribution in [0.2, 0.25) is 0 Å². The lowest BCUT2D eigenvalue weighted by atomic mass is 9.68. The topological polar surface area (TPSA) is 130 Å². The molecule has 0 bridgehead atoms. The van der Waals surface area contributed by atoms with Gasteiger partial charge in [0.2, 0.25) is 5.95 Å². The van der Waals surface area contributed by atoms with Crippen LogP contribution in [0.15, 0.2) is 48.9 Å². The van der Waals surface area contributed by atoms with Crippen LogP contribution >= 0.6 is 0 Å². The lowest BCUT2D eigenvalue weighted by Crippen LogP contribution is -2.54. The molecule has 0 spiro atoms. The number of benzene rings is 1. The van der Waals surface area contributed by atoms with Crippen molar-refractivity contribution in [3.05, 3.63) is 71.7 Å². The minimum atomic E-state index is -0.993. The maximum absolute atomic E-state index is 15.5. The van der Waals surface area contributed by atoms with Crippen LogP contribution in [0, 0.1) is 17.6 Å².